The fourth-order valence-electron chi connectivity index (χ4n) is 2.90. The number of nitrogens with zero attached hydrogens (tertiary/aromatic N) is 3. The Morgan fingerprint density at radius 1 is 1.07 bits per heavy atom. The van der Waals surface area contributed by atoms with Crippen molar-refractivity contribution in [3.8, 4) is 17.0 Å². The van der Waals surface area contributed by atoms with Crippen LogP contribution in [0.1, 0.15) is 6.42 Å². The van der Waals surface area contributed by atoms with E-state index in [1.165, 1.54) is 0 Å². The molecule has 2 aromatic heterocycles. The maximum absolute atomic E-state index is 12.4. The van der Waals surface area contributed by atoms with Gasteiger partial charge in [-0.2, -0.15) is 4.98 Å². The van der Waals surface area contributed by atoms with E-state index >= 15 is 0 Å². The zero-order valence-corrected chi connectivity index (χ0v) is 16.5. The molecule has 0 aliphatic carbocycles. The number of ether oxygens (including phenoxy) is 1. The van der Waals surface area contributed by atoms with Crippen LogP contribution in [0, 0.1) is 0 Å². The first kappa shape index (κ1) is 19.1. The van der Waals surface area contributed by atoms with Crippen LogP contribution < -0.4 is 20.1 Å². The molecule has 4 rings (SSSR count). The van der Waals surface area contributed by atoms with Crippen LogP contribution >= 0.6 is 0 Å². The number of nitrogens with one attached hydrogen (secondary N) is 3. The average Bonchev–Trinajstić information content (AvgIpc) is 2.74. The number of sulfonamides is 1. The lowest BCUT2D eigenvalue weighted by molar-refractivity contribution is 0.398. The van der Waals surface area contributed by atoms with Crippen molar-refractivity contribution in [1.82, 2.24) is 19.7 Å². The minimum Gasteiger partial charge on any atom is -0.481 e. The topological polar surface area (TPSA) is 118 Å². The molecule has 0 unspecified atom stereocenters. The van der Waals surface area contributed by atoms with Gasteiger partial charge in [-0.25, -0.2) is 23.1 Å². The molecule has 0 amide bonds. The van der Waals surface area contributed by atoms with E-state index in [4.69, 9.17) is 4.74 Å². The smallest absolute Gasteiger partial charge is 0.240 e. The van der Waals surface area contributed by atoms with Crippen LogP contribution in [0.5, 0.6) is 5.88 Å². The van der Waals surface area contributed by atoms with Crippen molar-refractivity contribution >= 4 is 27.5 Å². The van der Waals surface area contributed by atoms with E-state index in [-0.39, 0.29) is 4.90 Å². The highest BCUT2D eigenvalue weighted by Gasteiger charge is 2.16. The van der Waals surface area contributed by atoms with Gasteiger partial charge < -0.3 is 15.4 Å². The van der Waals surface area contributed by atoms with Crippen molar-refractivity contribution in [2.75, 3.05) is 30.8 Å². The number of fused-ring (bicyclic) bond motifs is 4. The number of benzene rings is 1. The average molecular weight is 412 g/mol. The molecule has 4 bridgehead atoms. The Balaban J connectivity index is 1.72. The van der Waals surface area contributed by atoms with Gasteiger partial charge >= 0.3 is 0 Å². The summed E-state index contributed by atoms with van der Waals surface area (Å²) >= 11 is 0. The molecule has 0 atom stereocenters. The maximum Gasteiger partial charge on any atom is 0.240 e. The molecule has 0 saturated carbocycles. The zero-order chi connectivity index (χ0) is 20.3. The van der Waals surface area contributed by atoms with E-state index in [2.05, 4.69) is 30.3 Å². The van der Waals surface area contributed by atoms with Crippen molar-refractivity contribution in [3.05, 3.63) is 48.8 Å². The second-order valence-corrected chi connectivity index (χ2v) is 8.14. The highest BCUT2D eigenvalue weighted by atomic mass is 32.2. The largest absolute Gasteiger partial charge is 0.481 e. The third-order valence-electron chi connectivity index (χ3n) is 4.38. The first-order valence-electron chi connectivity index (χ1n) is 9.03. The van der Waals surface area contributed by atoms with Gasteiger partial charge in [0.1, 0.15) is 5.82 Å². The number of hydrogen-bond donors (Lipinski definition) is 3. The summed E-state index contributed by atoms with van der Waals surface area (Å²) in [5.41, 5.74) is 2.21. The molecule has 150 valence electrons. The Morgan fingerprint density at radius 2 is 1.97 bits per heavy atom. The lowest BCUT2D eigenvalue weighted by atomic mass is 10.1. The number of hydrogen-bond acceptors (Lipinski definition) is 8. The third-order valence-corrected chi connectivity index (χ3v) is 5.84. The maximum atomic E-state index is 12.4. The molecule has 0 fully saturated rings. The molecule has 0 radical (unpaired) electrons. The van der Waals surface area contributed by atoms with Gasteiger partial charge in [0.2, 0.25) is 21.9 Å². The van der Waals surface area contributed by atoms with Crippen LogP contribution in [0.2, 0.25) is 0 Å². The highest BCUT2D eigenvalue weighted by molar-refractivity contribution is 7.89. The van der Waals surface area contributed by atoms with E-state index in [9.17, 15) is 8.42 Å². The summed E-state index contributed by atoms with van der Waals surface area (Å²) in [6, 6.07) is 10.2. The minimum absolute atomic E-state index is 0.191. The summed E-state index contributed by atoms with van der Waals surface area (Å²) in [5, 5.41) is 6.34. The van der Waals surface area contributed by atoms with Gasteiger partial charge in [-0.1, -0.05) is 6.07 Å². The van der Waals surface area contributed by atoms with Crippen LogP contribution in [0.25, 0.3) is 11.1 Å². The molecule has 29 heavy (non-hydrogen) atoms. The molecule has 1 aromatic carbocycles. The second-order valence-electron chi connectivity index (χ2n) is 6.38. The van der Waals surface area contributed by atoms with E-state index in [1.807, 2.05) is 6.07 Å². The van der Waals surface area contributed by atoms with Crippen molar-refractivity contribution in [1.29, 1.82) is 0 Å². The quantitative estimate of drug-likeness (QED) is 0.587. The van der Waals surface area contributed by atoms with Gasteiger partial charge in [-0.15, -0.1) is 0 Å². The fraction of sp³-hybridized carbons (Fsp3) is 0.211. The number of methoxy groups -OCH3 is 1. The standard InChI is InChI=1S/C19H20N6O3S/c1-28-17-7-6-13(11-21-17)16-12-22-19-24-14-4-2-5-15(10-14)29(26,27)23-9-3-8-20-18(16)25-19/h2,4-7,10-12,23H,3,8-9H2,1H3,(H2,20,22,24,25). The lowest BCUT2D eigenvalue weighted by Gasteiger charge is -2.13. The summed E-state index contributed by atoms with van der Waals surface area (Å²) in [7, 11) is -2.01. The van der Waals surface area contributed by atoms with Gasteiger partial charge in [0.05, 0.1) is 12.0 Å². The molecule has 0 spiro atoms. The van der Waals surface area contributed by atoms with Gasteiger partial charge in [0, 0.05) is 48.4 Å². The highest BCUT2D eigenvalue weighted by Crippen LogP contribution is 2.28. The Labute approximate surface area is 168 Å². The number of pyridine rings is 1. The van der Waals surface area contributed by atoms with Crippen LogP contribution in [-0.4, -0.2) is 43.6 Å². The van der Waals surface area contributed by atoms with Crippen molar-refractivity contribution in [2.24, 2.45) is 0 Å². The van der Waals surface area contributed by atoms with E-state index in [1.54, 1.807) is 49.8 Å². The molecule has 1 aliphatic rings. The molecule has 1 aliphatic heterocycles. The molecule has 3 heterocycles. The van der Waals surface area contributed by atoms with Crippen molar-refractivity contribution < 1.29 is 13.2 Å². The van der Waals surface area contributed by atoms with Gasteiger partial charge in [-0.3, -0.25) is 0 Å². The predicted molar refractivity (Wildman–Crippen MR) is 110 cm³/mol. The number of aromatic nitrogens is 3. The molecule has 9 nitrogen and oxygen atoms in total. The van der Waals surface area contributed by atoms with Crippen LogP contribution in [0.4, 0.5) is 17.5 Å². The second kappa shape index (κ2) is 8.02. The fourth-order valence-corrected chi connectivity index (χ4v) is 4.02. The van der Waals surface area contributed by atoms with Crippen LogP contribution in [-0.2, 0) is 10.0 Å². The van der Waals surface area contributed by atoms with Crippen LogP contribution in [0.15, 0.2) is 53.7 Å². The number of anilines is 3. The summed E-state index contributed by atoms with van der Waals surface area (Å²) < 4.78 is 32.6. The summed E-state index contributed by atoms with van der Waals surface area (Å²) in [4.78, 5) is 13.4. The first-order valence-corrected chi connectivity index (χ1v) is 10.5. The summed E-state index contributed by atoms with van der Waals surface area (Å²) in [6.45, 7) is 0.845. The monoisotopic (exact) mass is 412 g/mol. The van der Waals surface area contributed by atoms with Gasteiger partial charge in [0.25, 0.3) is 0 Å². The Morgan fingerprint density at radius 3 is 2.76 bits per heavy atom. The Kier molecular flexibility index (Phi) is 5.28. The third kappa shape index (κ3) is 4.28. The normalized spacial score (nSPS) is 15.6. The SMILES string of the molecule is COc1ccc(-c2cnc3nc2NCCCNS(=O)(=O)c2cccc(c2)N3)cn1. The van der Waals surface area contributed by atoms with Crippen molar-refractivity contribution in [2.45, 2.75) is 11.3 Å². The molecule has 10 heteroatoms. The molecule has 3 aromatic rings. The molecular weight excluding hydrogens is 392 g/mol. The first-order chi connectivity index (χ1) is 14.0. The molecule has 3 N–H and O–H groups in total. The Bertz CT molecular complexity index is 1120. The van der Waals surface area contributed by atoms with E-state index < -0.39 is 10.0 Å². The van der Waals surface area contributed by atoms with Crippen LogP contribution in [0.3, 0.4) is 0 Å². The summed E-state index contributed by atoms with van der Waals surface area (Å²) in [6.07, 6.45) is 3.99. The van der Waals surface area contributed by atoms with Crippen molar-refractivity contribution in [3.63, 3.8) is 0 Å². The zero-order valence-electron chi connectivity index (χ0n) is 15.7. The van der Waals surface area contributed by atoms with E-state index in [0.29, 0.717) is 42.8 Å². The summed E-state index contributed by atoms with van der Waals surface area (Å²) in [5.74, 6) is 1.51. The predicted octanol–water partition coefficient (Wildman–Crippen LogP) is 2.38. The van der Waals surface area contributed by atoms with Gasteiger partial charge in [0.15, 0.2) is 0 Å². The van der Waals surface area contributed by atoms with Gasteiger partial charge in [-0.05, 0) is 30.7 Å². The molecule has 0 saturated heterocycles. The lowest BCUT2D eigenvalue weighted by Crippen LogP contribution is -2.26. The molecular formula is C19H20N6O3S. The number of rotatable bonds is 2. The minimum atomic E-state index is -3.57. The van der Waals surface area contributed by atoms with E-state index in [0.717, 1.165) is 11.1 Å². The Hall–Kier alpha value is -3.24.